The zero-order valence-corrected chi connectivity index (χ0v) is 13.1. The highest BCUT2D eigenvalue weighted by molar-refractivity contribution is 6.13. The molecule has 2 aromatic carbocycles. The van der Waals surface area contributed by atoms with Crippen molar-refractivity contribution in [2.45, 2.75) is 26.1 Å². The molecule has 0 saturated heterocycles. The van der Waals surface area contributed by atoms with Crippen LogP contribution in [0.4, 0.5) is 4.39 Å². The fourth-order valence-corrected chi connectivity index (χ4v) is 2.15. The smallest absolute Gasteiger partial charge is 0.330 e. The van der Waals surface area contributed by atoms with Crippen molar-refractivity contribution < 1.29 is 13.9 Å². The van der Waals surface area contributed by atoms with Gasteiger partial charge in [0.1, 0.15) is 6.54 Å². The first-order valence-electron chi connectivity index (χ1n) is 7.69. The number of esters is 1. The summed E-state index contributed by atoms with van der Waals surface area (Å²) in [5.74, 6) is -0.657. The lowest BCUT2D eigenvalue weighted by molar-refractivity contribution is -0.156. The number of nitrogens with zero attached hydrogens (tertiary/aromatic N) is 1. The lowest BCUT2D eigenvalue weighted by atomic mass is 10.0. The number of benzene rings is 2. The van der Waals surface area contributed by atoms with Gasteiger partial charge in [-0.05, 0) is 6.42 Å². The zero-order valence-electron chi connectivity index (χ0n) is 13.1. The van der Waals surface area contributed by atoms with Crippen LogP contribution in [-0.4, -0.2) is 24.6 Å². The Hall–Kier alpha value is -2.49. The van der Waals surface area contributed by atoms with Gasteiger partial charge in [0, 0.05) is 17.5 Å². The Labute approximate surface area is 135 Å². The Kier molecular flexibility index (Phi) is 6.48. The van der Waals surface area contributed by atoms with Crippen LogP contribution < -0.4 is 0 Å². The first-order valence-corrected chi connectivity index (χ1v) is 7.69. The monoisotopic (exact) mass is 313 g/mol. The Balaban J connectivity index is 2.16. The summed E-state index contributed by atoms with van der Waals surface area (Å²) >= 11 is 0. The number of halogens is 1. The molecule has 0 saturated carbocycles. The van der Waals surface area contributed by atoms with E-state index in [1.54, 1.807) is 0 Å². The van der Waals surface area contributed by atoms with Crippen LogP contribution in [-0.2, 0) is 9.53 Å². The van der Waals surface area contributed by atoms with Crippen LogP contribution in [0.3, 0.4) is 0 Å². The summed E-state index contributed by atoms with van der Waals surface area (Å²) in [6.45, 7) is 1.63. The van der Waals surface area contributed by atoms with Gasteiger partial charge >= 0.3 is 5.97 Å². The number of hydrogen-bond acceptors (Lipinski definition) is 3. The molecule has 0 N–H and O–H groups in total. The third-order valence-corrected chi connectivity index (χ3v) is 3.24. The Bertz CT molecular complexity index is 599. The van der Waals surface area contributed by atoms with E-state index in [0.717, 1.165) is 11.1 Å². The minimum absolute atomic E-state index is 0.205. The number of carbonyl (C=O) groups excluding carboxylic acids is 1. The molecule has 0 aromatic heterocycles. The highest BCUT2D eigenvalue weighted by atomic mass is 19.1. The molecule has 0 amide bonds. The van der Waals surface area contributed by atoms with Crippen LogP contribution in [0.15, 0.2) is 65.7 Å². The summed E-state index contributed by atoms with van der Waals surface area (Å²) in [5.41, 5.74) is 2.49. The molecule has 0 aliphatic heterocycles. The fraction of sp³-hybridized carbons (Fsp3) is 0.263. The van der Waals surface area contributed by atoms with Gasteiger partial charge in [-0.2, -0.15) is 0 Å². The van der Waals surface area contributed by atoms with Gasteiger partial charge in [-0.15, -0.1) is 0 Å². The van der Waals surface area contributed by atoms with E-state index in [2.05, 4.69) is 4.99 Å². The summed E-state index contributed by atoms with van der Waals surface area (Å²) in [5, 5.41) is 0. The van der Waals surface area contributed by atoms with Crippen molar-refractivity contribution in [3.05, 3.63) is 71.8 Å². The van der Waals surface area contributed by atoms with Crippen LogP contribution >= 0.6 is 0 Å². The molecule has 23 heavy (non-hydrogen) atoms. The van der Waals surface area contributed by atoms with Crippen LogP contribution in [0.5, 0.6) is 0 Å². The normalized spacial score (nSPS) is 11.6. The zero-order chi connectivity index (χ0) is 16.5. The van der Waals surface area contributed by atoms with Crippen LogP contribution in [0.25, 0.3) is 0 Å². The van der Waals surface area contributed by atoms with Gasteiger partial charge in [0.15, 0.2) is 0 Å². The highest BCUT2D eigenvalue weighted by Crippen LogP contribution is 2.11. The topological polar surface area (TPSA) is 38.7 Å². The molecule has 0 spiro atoms. The minimum atomic E-state index is -1.56. The highest BCUT2D eigenvalue weighted by Gasteiger charge is 2.12. The van der Waals surface area contributed by atoms with Gasteiger partial charge in [-0.3, -0.25) is 4.99 Å². The molecule has 0 bridgehead atoms. The second-order valence-electron chi connectivity index (χ2n) is 5.09. The standard InChI is InChI=1S/C19H20FNO2/c1-2-9-17(20)23-18(22)14-21-19(15-10-5-3-6-11-15)16-12-7-4-8-13-16/h3-8,10-13,17H,2,9,14H2,1H3. The summed E-state index contributed by atoms with van der Waals surface area (Å²) in [4.78, 5) is 16.1. The number of rotatable bonds is 7. The molecule has 0 aliphatic carbocycles. The van der Waals surface area contributed by atoms with E-state index >= 15 is 0 Å². The largest absolute Gasteiger partial charge is 0.430 e. The number of hydrogen-bond donors (Lipinski definition) is 0. The maximum Gasteiger partial charge on any atom is 0.330 e. The van der Waals surface area contributed by atoms with Gasteiger partial charge < -0.3 is 4.74 Å². The van der Waals surface area contributed by atoms with Gasteiger partial charge in [0.25, 0.3) is 0 Å². The predicted octanol–water partition coefficient (Wildman–Crippen LogP) is 4.16. The second kappa shape index (κ2) is 8.83. The van der Waals surface area contributed by atoms with E-state index < -0.39 is 12.3 Å². The van der Waals surface area contributed by atoms with Crippen molar-refractivity contribution in [2.24, 2.45) is 4.99 Å². The summed E-state index contributed by atoms with van der Waals surface area (Å²) in [7, 11) is 0. The van der Waals surface area contributed by atoms with Crippen molar-refractivity contribution in [1.82, 2.24) is 0 Å². The van der Waals surface area contributed by atoms with Crippen LogP contribution in [0.1, 0.15) is 30.9 Å². The molecule has 2 aromatic rings. The lowest BCUT2D eigenvalue weighted by Crippen LogP contribution is -2.17. The first-order chi connectivity index (χ1) is 11.2. The molecule has 0 radical (unpaired) electrons. The summed E-state index contributed by atoms with van der Waals surface area (Å²) in [6, 6.07) is 19.2. The van der Waals surface area contributed by atoms with E-state index in [9.17, 15) is 9.18 Å². The van der Waals surface area contributed by atoms with Gasteiger partial charge in [-0.1, -0.05) is 67.6 Å². The van der Waals surface area contributed by atoms with Crippen LogP contribution in [0, 0.1) is 0 Å². The molecule has 120 valence electrons. The predicted molar refractivity (Wildman–Crippen MR) is 89.3 cm³/mol. The van der Waals surface area contributed by atoms with E-state index in [1.165, 1.54) is 0 Å². The maximum atomic E-state index is 13.3. The Morgan fingerprint density at radius 1 is 1.04 bits per heavy atom. The molecule has 0 fully saturated rings. The molecule has 2 rings (SSSR count). The average Bonchev–Trinajstić information content (AvgIpc) is 2.57. The van der Waals surface area contributed by atoms with Crippen molar-refractivity contribution in [1.29, 1.82) is 0 Å². The summed E-state index contributed by atoms with van der Waals surface area (Å²) in [6.07, 6.45) is -0.726. The fourth-order valence-electron chi connectivity index (χ4n) is 2.15. The van der Waals surface area contributed by atoms with E-state index in [4.69, 9.17) is 4.74 Å². The minimum Gasteiger partial charge on any atom is -0.430 e. The summed E-state index contributed by atoms with van der Waals surface area (Å²) < 4.78 is 18.0. The molecule has 0 heterocycles. The third kappa shape index (κ3) is 5.33. The Morgan fingerprint density at radius 3 is 2.04 bits per heavy atom. The first kappa shape index (κ1) is 16.9. The molecule has 0 aliphatic rings. The van der Waals surface area contributed by atoms with Crippen molar-refractivity contribution >= 4 is 11.7 Å². The molecular weight excluding hydrogens is 293 g/mol. The van der Waals surface area contributed by atoms with Crippen LogP contribution in [0.2, 0.25) is 0 Å². The second-order valence-corrected chi connectivity index (χ2v) is 5.09. The number of alkyl halides is 1. The van der Waals surface area contributed by atoms with Gasteiger partial charge in [0.2, 0.25) is 6.36 Å². The molecule has 3 nitrogen and oxygen atoms in total. The van der Waals surface area contributed by atoms with E-state index in [-0.39, 0.29) is 13.0 Å². The average molecular weight is 313 g/mol. The lowest BCUT2D eigenvalue weighted by Gasteiger charge is -2.09. The molecular formula is C19H20FNO2. The van der Waals surface area contributed by atoms with Crippen molar-refractivity contribution in [3.63, 3.8) is 0 Å². The quantitative estimate of drug-likeness (QED) is 0.568. The van der Waals surface area contributed by atoms with Crippen molar-refractivity contribution in [3.8, 4) is 0 Å². The van der Waals surface area contributed by atoms with Gasteiger partial charge in [-0.25, -0.2) is 9.18 Å². The number of aliphatic imine (C=N–C) groups is 1. The molecule has 4 heteroatoms. The van der Waals surface area contributed by atoms with E-state index in [0.29, 0.717) is 12.1 Å². The number of ether oxygens (including phenoxy) is 1. The SMILES string of the molecule is CCCC(F)OC(=O)CN=C(c1ccccc1)c1ccccc1. The Morgan fingerprint density at radius 2 is 1.57 bits per heavy atom. The van der Waals surface area contributed by atoms with Crippen molar-refractivity contribution in [2.75, 3.05) is 6.54 Å². The van der Waals surface area contributed by atoms with E-state index in [1.807, 2.05) is 67.6 Å². The molecule has 1 atom stereocenters. The maximum absolute atomic E-state index is 13.3. The van der Waals surface area contributed by atoms with Gasteiger partial charge in [0.05, 0.1) is 5.71 Å². The number of carbonyl (C=O) groups is 1. The third-order valence-electron chi connectivity index (χ3n) is 3.24. The molecule has 1 unspecified atom stereocenters.